The predicted octanol–water partition coefficient (Wildman–Crippen LogP) is 3.35. The van der Waals surface area contributed by atoms with Crippen molar-refractivity contribution in [2.24, 2.45) is 0 Å². The predicted molar refractivity (Wildman–Crippen MR) is 73.3 cm³/mol. The largest absolute Gasteiger partial charge is 0.299 e. The van der Waals surface area contributed by atoms with Gasteiger partial charge in [0, 0.05) is 5.56 Å². The van der Waals surface area contributed by atoms with Crippen LogP contribution in [0.15, 0.2) is 36.4 Å². The molecular formula is C15H8ClF2NO2. The molecule has 106 valence electrons. The molecule has 0 unspecified atom stereocenters. The number of hydrogen-bond donors (Lipinski definition) is 0. The lowest BCUT2D eigenvalue weighted by atomic mass is 10.1. The lowest BCUT2D eigenvalue weighted by Crippen LogP contribution is -2.30. The lowest BCUT2D eigenvalue weighted by molar-refractivity contribution is -0.114. The number of hydrogen-bond acceptors (Lipinski definition) is 2. The third kappa shape index (κ3) is 2.10. The van der Waals surface area contributed by atoms with Gasteiger partial charge >= 0.3 is 0 Å². The number of carbonyl (C=O) groups excluding carboxylic acids is 2. The average Bonchev–Trinajstić information content (AvgIpc) is 2.71. The Morgan fingerprint density at radius 3 is 2.43 bits per heavy atom. The summed E-state index contributed by atoms with van der Waals surface area (Å²) in [6, 6.07) is 8.08. The Morgan fingerprint density at radius 1 is 1.00 bits per heavy atom. The number of fused-ring (bicyclic) bond motifs is 1. The molecule has 0 atom stereocenters. The van der Waals surface area contributed by atoms with Crippen molar-refractivity contribution in [2.45, 2.75) is 6.54 Å². The minimum atomic E-state index is -0.916. The van der Waals surface area contributed by atoms with E-state index >= 15 is 0 Å². The van der Waals surface area contributed by atoms with Crippen LogP contribution in [0.3, 0.4) is 0 Å². The van der Waals surface area contributed by atoms with Gasteiger partial charge in [0.15, 0.2) is 0 Å². The number of halogens is 3. The molecule has 21 heavy (non-hydrogen) atoms. The van der Waals surface area contributed by atoms with E-state index in [9.17, 15) is 18.4 Å². The van der Waals surface area contributed by atoms with Crippen molar-refractivity contribution < 1.29 is 18.4 Å². The normalized spacial score (nSPS) is 13.8. The second-order valence-electron chi connectivity index (χ2n) is 4.56. The van der Waals surface area contributed by atoms with Gasteiger partial charge < -0.3 is 0 Å². The highest BCUT2D eigenvalue weighted by atomic mass is 35.5. The number of amides is 1. The molecule has 6 heteroatoms. The van der Waals surface area contributed by atoms with Gasteiger partial charge in [0.1, 0.15) is 11.6 Å². The van der Waals surface area contributed by atoms with Gasteiger partial charge in [-0.05, 0) is 18.2 Å². The number of carbonyl (C=O) groups is 2. The Kier molecular flexibility index (Phi) is 3.22. The molecule has 3 rings (SSSR count). The van der Waals surface area contributed by atoms with Crippen LogP contribution in [-0.2, 0) is 11.3 Å². The van der Waals surface area contributed by atoms with Crippen LogP contribution in [0.1, 0.15) is 15.9 Å². The average molecular weight is 308 g/mol. The summed E-state index contributed by atoms with van der Waals surface area (Å²) in [5, 5.41) is 0.000726. The molecule has 0 saturated heterocycles. The van der Waals surface area contributed by atoms with Crippen LogP contribution < -0.4 is 4.90 Å². The Morgan fingerprint density at radius 2 is 1.71 bits per heavy atom. The summed E-state index contributed by atoms with van der Waals surface area (Å²) in [7, 11) is 0. The zero-order chi connectivity index (χ0) is 15.1. The molecule has 1 aliphatic heterocycles. The molecule has 0 bridgehead atoms. The van der Waals surface area contributed by atoms with Gasteiger partial charge in [-0.3, -0.25) is 14.5 Å². The fourth-order valence-electron chi connectivity index (χ4n) is 2.30. The first-order valence-electron chi connectivity index (χ1n) is 6.08. The molecule has 1 heterocycles. The lowest BCUT2D eigenvalue weighted by Gasteiger charge is -2.17. The number of benzene rings is 2. The topological polar surface area (TPSA) is 37.4 Å². The van der Waals surface area contributed by atoms with E-state index < -0.39 is 23.3 Å². The van der Waals surface area contributed by atoms with Crippen LogP contribution >= 0.6 is 11.6 Å². The van der Waals surface area contributed by atoms with Gasteiger partial charge in [-0.25, -0.2) is 8.78 Å². The fraction of sp³-hybridized carbons (Fsp3) is 0.0667. The summed E-state index contributed by atoms with van der Waals surface area (Å²) in [4.78, 5) is 24.8. The fourth-order valence-corrected chi connectivity index (χ4v) is 2.54. The maximum atomic E-state index is 14.0. The van der Waals surface area contributed by atoms with Crippen molar-refractivity contribution in [1.82, 2.24) is 0 Å². The molecule has 1 amide bonds. The molecule has 0 spiro atoms. The van der Waals surface area contributed by atoms with Gasteiger partial charge in [-0.2, -0.15) is 0 Å². The summed E-state index contributed by atoms with van der Waals surface area (Å²) in [5.74, 6) is -3.08. The summed E-state index contributed by atoms with van der Waals surface area (Å²) in [5.41, 5.74) is -0.176. The molecule has 0 radical (unpaired) electrons. The van der Waals surface area contributed by atoms with E-state index in [4.69, 9.17) is 11.6 Å². The van der Waals surface area contributed by atoms with Crippen molar-refractivity contribution in [1.29, 1.82) is 0 Å². The summed E-state index contributed by atoms with van der Waals surface area (Å²) < 4.78 is 27.7. The van der Waals surface area contributed by atoms with E-state index in [0.29, 0.717) is 0 Å². The number of nitrogens with zero attached hydrogens (tertiary/aromatic N) is 1. The van der Waals surface area contributed by atoms with Crippen LogP contribution in [0.25, 0.3) is 0 Å². The van der Waals surface area contributed by atoms with Gasteiger partial charge in [0.05, 0.1) is 22.8 Å². The van der Waals surface area contributed by atoms with Crippen LogP contribution in [0.4, 0.5) is 14.5 Å². The minimum Gasteiger partial charge on any atom is -0.297 e. The smallest absolute Gasteiger partial charge is 0.297 e. The molecule has 0 saturated carbocycles. The highest BCUT2D eigenvalue weighted by molar-refractivity contribution is 6.55. The van der Waals surface area contributed by atoms with E-state index in [-0.39, 0.29) is 28.4 Å². The molecule has 0 aromatic heterocycles. The standard InChI is InChI=1S/C15H8ClF2NO2/c16-9-5-6-11(18)13-12(9)14(20)15(21)19(13)7-8-3-1-2-4-10(8)17/h1-6H,7H2. The van der Waals surface area contributed by atoms with Gasteiger partial charge in [-0.15, -0.1) is 0 Å². The third-order valence-electron chi connectivity index (χ3n) is 3.30. The SMILES string of the molecule is O=C1C(=O)N(Cc2ccccc2F)c2c(F)ccc(Cl)c21. The van der Waals surface area contributed by atoms with Gasteiger partial charge in [0.25, 0.3) is 11.7 Å². The second kappa shape index (κ2) is 4.93. The van der Waals surface area contributed by atoms with Crippen LogP contribution in [0.2, 0.25) is 5.02 Å². The maximum Gasteiger partial charge on any atom is 0.299 e. The van der Waals surface area contributed by atoms with Crippen LogP contribution in [0.5, 0.6) is 0 Å². The summed E-state index contributed by atoms with van der Waals surface area (Å²) >= 11 is 5.86. The monoisotopic (exact) mass is 307 g/mol. The zero-order valence-electron chi connectivity index (χ0n) is 10.6. The first-order chi connectivity index (χ1) is 10.0. The quantitative estimate of drug-likeness (QED) is 0.798. The van der Waals surface area contributed by atoms with Crippen molar-refractivity contribution in [3.8, 4) is 0 Å². The Labute approximate surface area is 123 Å². The van der Waals surface area contributed by atoms with Gasteiger partial charge in [-0.1, -0.05) is 29.8 Å². The third-order valence-corrected chi connectivity index (χ3v) is 3.62. The number of rotatable bonds is 2. The maximum absolute atomic E-state index is 14.0. The van der Waals surface area contributed by atoms with E-state index in [1.54, 1.807) is 6.07 Å². The van der Waals surface area contributed by atoms with Crippen molar-refractivity contribution in [3.05, 3.63) is 64.2 Å². The number of Topliss-reactive ketones (excluding diaryl/α,β-unsaturated/α-hetero) is 1. The molecule has 2 aromatic rings. The number of ketones is 1. The Hall–Kier alpha value is -2.27. The molecule has 3 nitrogen and oxygen atoms in total. The van der Waals surface area contributed by atoms with E-state index in [1.807, 2.05) is 0 Å². The summed E-state index contributed by atoms with van der Waals surface area (Å²) in [6.45, 7) is -0.235. The van der Waals surface area contributed by atoms with Crippen LogP contribution in [-0.4, -0.2) is 11.7 Å². The number of anilines is 1. The van der Waals surface area contributed by atoms with Crippen molar-refractivity contribution in [3.63, 3.8) is 0 Å². The van der Waals surface area contributed by atoms with Crippen molar-refractivity contribution >= 4 is 29.0 Å². The molecule has 2 aromatic carbocycles. The Bertz CT molecular complexity index is 776. The van der Waals surface area contributed by atoms with Crippen LogP contribution in [0, 0.1) is 11.6 Å². The van der Waals surface area contributed by atoms with Gasteiger partial charge in [0.2, 0.25) is 0 Å². The van der Waals surface area contributed by atoms with E-state index in [1.165, 1.54) is 24.3 Å². The molecule has 0 fully saturated rings. The van der Waals surface area contributed by atoms with Crippen molar-refractivity contribution in [2.75, 3.05) is 4.90 Å². The second-order valence-corrected chi connectivity index (χ2v) is 4.97. The first kappa shape index (κ1) is 13.7. The highest BCUT2D eigenvalue weighted by Gasteiger charge is 2.40. The molecule has 0 N–H and O–H groups in total. The van der Waals surface area contributed by atoms with E-state index in [2.05, 4.69) is 0 Å². The summed E-state index contributed by atoms with van der Waals surface area (Å²) in [6.07, 6.45) is 0. The molecule has 1 aliphatic rings. The highest BCUT2D eigenvalue weighted by Crippen LogP contribution is 2.37. The molecule has 0 aliphatic carbocycles. The minimum absolute atomic E-state index is 0.000726. The molecular weight excluding hydrogens is 300 g/mol. The Balaban J connectivity index is 2.10. The first-order valence-corrected chi connectivity index (χ1v) is 6.46. The van der Waals surface area contributed by atoms with E-state index in [0.717, 1.165) is 11.0 Å². The zero-order valence-corrected chi connectivity index (χ0v) is 11.3.